The molecule has 0 radical (unpaired) electrons. The molecule has 0 aliphatic carbocycles. The second kappa shape index (κ2) is 6.28. The van der Waals surface area contributed by atoms with Crippen molar-refractivity contribution >= 4 is 11.3 Å². The molecule has 100 valence electrons. The van der Waals surface area contributed by atoms with Gasteiger partial charge in [-0.05, 0) is 23.6 Å². The minimum atomic E-state index is 0.980. The Bertz CT molecular complexity index is 475. The molecule has 3 nitrogen and oxygen atoms in total. The summed E-state index contributed by atoms with van der Waals surface area (Å²) in [7, 11) is 0. The molecule has 0 atom stereocenters. The molecule has 0 unspecified atom stereocenters. The van der Waals surface area contributed by atoms with Gasteiger partial charge in [-0.1, -0.05) is 12.1 Å². The van der Waals surface area contributed by atoms with Crippen molar-refractivity contribution in [1.29, 1.82) is 0 Å². The van der Waals surface area contributed by atoms with E-state index in [2.05, 4.69) is 44.4 Å². The van der Waals surface area contributed by atoms with Gasteiger partial charge < -0.3 is 0 Å². The van der Waals surface area contributed by atoms with Crippen molar-refractivity contribution in [2.24, 2.45) is 0 Å². The Morgan fingerprint density at radius 2 is 1.74 bits per heavy atom. The third kappa shape index (κ3) is 3.62. The van der Waals surface area contributed by atoms with E-state index in [1.165, 1.54) is 10.6 Å². The quantitative estimate of drug-likeness (QED) is 0.853. The Hall–Kier alpha value is -1.23. The molecule has 0 saturated carbocycles. The molecule has 1 aliphatic rings. The van der Waals surface area contributed by atoms with E-state index in [0.717, 1.165) is 39.3 Å². The molecule has 0 aromatic carbocycles. The number of piperazine rings is 1. The monoisotopic (exact) mass is 273 g/mol. The Labute approximate surface area is 118 Å². The third-order valence-corrected chi connectivity index (χ3v) is 4.40. The molecule has 2 aromatic rings. The Balaban J connectivity index is 1.47. The van der Waals surface area contributed by atoms with E-state index >= 15 is 0 Å². The lowest BCUT2D eigenvalue weighted by Crippen LogP contribution is -2.45. The molecular formula is C15H19N3S. The molecule has 3 rings (SSSR count). The first-order valence-electron chi connectivity index (χ1n) is 6.77. The lowest BCUT2D eigenvalue weighted by molar-refractivity contribution is 0.122. The summed E-state index contributed by atoms with van der Waals surface area (Å²) in [5.74, 6) is 0. The van der Waals surface area contributed by atoms with E-state index in [4.69, 9.17) is 0 Å². The van der Waals surface area contributed by atoms with Crippen LogP contribution in [0.25, 0.3) is 0 Å². The summed E-state index contributed by atoms with van der Waals surface area (Å²) in [4.78, 5) is 10.9. The van der Waals surface area contributed by atoms with Crippen LogP contribution in [-0.2, 0) is 13.1 Å². The molecule has 19 heavy (non-hydrogen) atoms. The Morgan fingerprint density at radius 3 is 2.37 bits per heavy atom. The Kier molecular flexibility index (Phi) is 4.23. The van der Waals surface area contributed by atoms with Gasteiger partial charge in [0.05, 0.1) is 5.69 Å². The molecule has 0 bridgehead atoms. The smallest absolute Gasteiger partial charge is 0.0543 e. The number of nitrogens with zero attached hydrogens (tertiary/aromatic N) is 3. The molecule has 2 aromatic heterocycles. The van der Waals surface area contributed by atoms with E-state index < -0.39 is 0 Å². The van der Waals surface area contributed by atoms with Crippen LogP contribution in [0.5, 0.6) is 0 Å². The van der Waals surface area contributed by atoms with Crippen LogP contribution in [0.2, 0.25) is 0 Å². The fraction of sp³-hybridized carbons (Fsp3) is 0.400. The van der Waals surface area contributed by atoms with Crippen molar-refractivity contribution in [3.63, 3.8) is 0 Å². The van der Waals surface area contributed by atoms with Crippen molar-refractivity contribution in [3.8, 4) is 0 Å². The summed E-state index contributed by atoms with van der Waals surface area (Å²) in [5, 5.41) is 2.16. The molecule has 1 saturated heterocycles. The van der Waals surface area contributed by atoms with Crippen LogP contribution < -0.4 is 0 Å². The summed E-state index contributed by atoms with van der Waals surface area (Å²) >= 11 is 1.85. The minimum Gasteiger partial charge on any atom is -0.296 e. The van der Waals surface area contributed by atoms with E-state index in [9.17, 15) is 0 Å². The standard InChI is InChI=1S/C15H19N3S/c1-2-6-16-14(4-1)12-17-7-9-18(10-8-17)13-15-5-3-11-19-15/h1-6,11H,7-10,12-13H2. The highest BCUT2D eigenvalue weighted by Crippen LogP contribution is 2.14. The zero-order valence-electron chi connectivity index (χ0n) is 11.0. The fourth-order valence-corrected chi connectivity index (χ4v) is 3.20. The highest BCUT2D eigenvalue weighted by atomic mass is 32.1. The van der Waals surface area contributed by atoms with Crippen molar-refractivity contribution < 1.29 is 0 Å². The van der Waals surface area contributed by atoms with Gasteiger partial charge in [-0.2, -0.15) is 0 Å². The number of hydrogen-bond donors (Lipinski definition) is 0. The minimum absolute atomic E-state index is 0.980. The maximum Gasteiger partial charge on any atom is 0.0543 e. The molecule has 4 heteroatoms. The first-order valence-corrected chi connectivity index (χ1v) is 7.65. The van der Waals surface area contributed by atoms with Gasteiger partial charge in [0.2, 0.25) is 0 Å². The van der Waals surface area contributed by atoms with Crippen LogP contribution in [-0.4, -0.2) is 41.0 Å². The van der Waals surface area contributed by atoms with Crippen LogP contribution in [0.1, 0.15) is 10.6 Å². The van der Waals surface area contributed by atoms with Gasteiger partial charge in [-0.25, -0.2) is 0 Å². The lowest BCUT2D eigenvalue weighted by atomic mass is 10.2. The highest BCUT2D eigenvalue weighted by Gasteiger charge is 2.17. The molecule has 3 heterocycles. The molecule has 0 amide bonds. The largest absolute Gasteiger partial charge is 0.296 e. The average molecular weight is 273 g/mol. The normalized spacial score (nSPS) is 17.7. The van der Waals surface area contributed by atoms with Crippen molar-refractivity contribution in [2.45, 2.75) is 13.1 Å². The van der Waals surface area contributed by atoms with Crippen LogP contribution in [0, 0.1) is 0 Å². The topological polar surface area (TPSA) is 19.4 Å². The van der Waals surface area contributed by atoms with Crippen LogP contribution in [0.15, 0.2) is 41.9 Å². The second-order valence-corrected chi connectivity index (χ2v) is 5.98. The fourth-order valence-electron chi connectivity index (χ4n) is 2.45. The van der Waals surface area contributed by atoms with Gasteiger partial charge in [-0.15, -0.1) is 11.3 Å². The maximum atomic E-state index is 4.40. The number of thiophene rings is 1. The van der Waals surface area contributed by atoms with Gasteiger partial charge in [0.1, 0.15) is 0 Å². The predicted molar refractivity (Wildman–Crippen MR) is 79.1 cm³/mol. The lowest BCUT2D eigenvalue weighted by Gasteiger charge is -2.34. The molecule has 0 spiro atoms. The number of rotatable bonds is 4. The van der Waals surface area contributed by atoms with Gasteiger partial charge in [0.15, 0.2) is 0 Å². The van der Waals surface area contributed by atoms with Gasteiger partial charge >= 0.3 is 0 Å². The van der Waals surface area contributed by atoms with E-state index in [1.807, 2.05) is 23.6 Å². The first kappa shape index (κ1) is 12.8. The van der Waals surface area contributed by atoms with Crippen LogP contribution in [0.4, 0.5) is 0 Å². The van der Waals surface area contributed by atoms with Crippen molar-refractivity contribution in [1.82, 2.24) is 14.8 Å². The van der Waals surface area contributed by atoms with E-state index in [-0.39, 0.29) is 0 Å². The van der Waals surface area contributed by atoms with Crippen LogP contribution >= 0.6 is 11.3 Å². The maximum absolute atomic E-state index is 4.40. The number of hydrogen-bond acceptors (Lipinski definition) is 4. The van der Waals surface area contributed by atoms with Gasteiger partial charge in [0, 0.05) is 50.3 Å². The molecule has 0 N–H and O–H groups in total. The average Bonchev–Trinajstić information content (AvgIpc) is 2.95. The highest BCUT2D eigenvalue weighted by molar-refractivity contribution is 7.09. The summed E-state index contributed by atoms with van der Waals surface area (Å²) in [5.41, 5.74) is 1.18. The molecule has 1 fully saturated rings. The summed E-state index contributed by atoms with van der Waals surface area (Å²) in [6.45, 7) is 6.68. The SMILES string of the molecule is c1ccc(CN2CCN(Cc3cccs3)CC2)nc1. The van der Waals surface area contributed by atoms with Crippen LogP contribution in [0.3, 0.4) is 0 Å². The molecule has 1 aliphatic heterocycles. The van der Waals surface area contributed by atoms with E-state index in [1.54, 1.807) is 0 Å². The summed E-state index contributed by atoms with van der Waals surface area (Å²) < 4.78 is 0. The van der Waals surface area contributed by atoms with E-state index in [0.29, 0.717) is 0 Å². The third-order valence-electron chi connectivity index (χ3n) is 3.54. The number of pyridine rings is 1. The van der Waals surface area contributed by atoms with Crippen molar-refractivity contribution in [3.05, 3.63) is 52.5 Å². The predicted octanol–water partition coefficient (Wildman–Crippen LogP) is 2.46. The second-order valence-electron chi connectivity index (χ2n) is 4.95. The zero-order chi connectivity index (χ0) is 12.9. The summed E-state index contributed by atoms with van der Waals surface area (Å²) in [6, 6.07) is 10.5. The van der Waals surface area contributed by atoms with Crippen molar-refractivity contribution in [2.75, 3.05) is 26.2 Å². The first-order chi connectivity index (χ1) is 9.40. The van der Waals surface area contributed by atoms with Gasteiger partial charge in [0.25, 0.3) is 0 Å². The zero-order valence-corrected chi connectivity index (χ0v) is 11.9. The van der Waals surface area contributed by atoms with Gasteiger partial charge in [-0.3, -0.25) is 14.8 Å². The number of aromatic nitrogens is 1. The molecular weight excluding hydrogens is 254 g/mol. The summed E-state index contributed by atoms with van der Waals surface area (Å²) in [6.07, 6.45) is 1.88. The Morgan fingerprint density at radius 1 is 0.947 bits per heavy atom.